The first kappa shape index (κ1) is 26.8. The molecule has 0 aromatic carbocycles. The Hall–Kier alpha value is -0.276. The molecule has 0 radical (unpaired) electrons. The van der Waals surface area contributed by atoms with Gasteiger partial charge in [-0.05, 0) is 43.2 Å². The maximum atomic E-state index is 12.1. The van der Waals surface area contributed by atoms with Crippen LogP contribution in [0.1, 0.15) is 61.8 Å². The molecule has 1 aliphatic rings. The fraction of sp³-hybridized carbons (Fsp3) is 0.870. The van der Waals surface area contributed by atoms with Crippen molar-refractivity contribution in [2.45, 2.75) is 122 Å². The van der Waals surface area contributed by atoms with Gasteiger partial charge in [0.2, 0.25) is 0 Å². The normalized spacial score (nSPS) is 28.6. The van der Waals surface area contributed by atoms with Gasteiger partial charge in [0.15, 0.2) is 16.6 Å². The highest BCUT2D eigenvalue weighted by Gasteiger charge is 2.47. The third-order valence-electron chi connectivity index (χ3n) is 7.27. The summed E-state index contributed by atoms with van der Waals surface area (Å²) in [4.78, 5) is 12.1. The third kappa shape index (κ3) is 6.60. The van der Waals surface area contributed by atoms with Crippen LogP contribution in [-0.2, 0) is 18.4 Å². The SMILES string of the molecule is CC=C[C@H]1O[C@@H]([C@H](C=O)O[Si](C)(C)C(C)(C)C)C[C@H](O[Si](C)(C)C(C)(C)C)[C@H]1C. The highest BCUT2D eigenvalue weighted by atomic mass is 28.4. The van der Waals surface area contributed by atoms with Crippen LogP contribution in [0.25, 0.3) is 0 Å². The van der Waals surface area contributed by atoms with Crippen LogP contribution in [0.5, 0.6) is 0 Å². The lowest BCUT2D eigenvalue weighted by molar-refractivity contribution is -0.149. The smallest absolute Gasteiger partial charge is 0.193 e. The molecule has 4 nitrogen and oxygen atoms in total. The molecule has 5 atom stereocenters. The molecule has 0 unspecified atom stereocenters. The van der Waals surface area contributed by atoms with E-state index in [2.05, 4.69) is 80.7 Å². The number of hydrogen-bond acceptors (Lipinski definition) is 4. The van der Waals surface area contributed by atoms with E-state index in [-0.39, 0.29) is 34.3 Å². The van der Waals surface area contributed by atoms with E-state index in [4.69, 9.17) is 13.6 Å². The van der Waals surface area contributed by atoms with Crippen molar-refractivity contribution >= 4 is 22.9 Å². The summed E-state index contributed by atoms with van der Waals surface area (Å²) in [6.07, 6.45) is 4.90. The quantitative estimate of drug-likeness (QED) is 0.262. The van der Waals surface area contributed by atoms with Crippen LogP contribution in [0.4, 0.5) is 0 Å². The van der Waals surface area contributed by atoms with Gasteiger partial charge in [0.05, 0.1) is 18.3 Å². The van der Waals surface area contributed by atoms with Gasteiger partial charge in [-0.3, -0.25) is 0 Å². The minimum atomic E-state index is -2.09. The molecule has 0 saturated carbocycles. The Kier molecular flexibility index (Phi) is 8.74. The molecule has 0 amide bonds. The zero-order chi connectivity index (χ0) is 22.8. The molecule has 0 bridgehead atoms. The molecule has 0 spiro atoms. The molecule has 0 aromatic heterocycles. The molecule has 0 aromatic rings. The summed E-state index contributed by atoms with van der Waals surface area (Å²) in [7, 11) is -4.03. The summed E-state index contributed by atoms with van der Waals surface area (Å²) < 4.78 is 19.7. The Morgan fingerprint density at radius 3 is 1.93 bits per heavy atom. The minimum Gasteiger partial charge on any atom is -0.413 e. The highest BCUT2D eigenvalue weighted by molar-refractivity contribution is 6.74. The molecule has 170 valence electrons. The average molecular weight is 443 g/mol. The summed E-state index contributed by atoms with van der Waals surface area (Å²) in [6.45, 7) is 26.5. The van der Waals surface area contributed by atoms with Crippen LogP contribution in [0.2, 0.25) is 36.3 Å². The molecule has 0 aliphatic carbocycles. The topological polar surface area (TPSA) is 44.8 Å². The molecule has 1 aliphatic heterocycles. The zero-order valence-electron chi connectivity index (χ0n) is 21.0. The average Bonchev–Trinajstić information content (AvgIpc) is 2.54. The van der Waals surface area contributed by atoms with E-state index in [0.717, 1.165) is 6.29 Å². The van der Waals surface area contributed by atoms with Gasteiger partial charge in [0, 0.05) is 12.3 Å². The van der Waals surface area contributed by atoms with Crippen molar-refractivity contribution < 1.29 is 18.4 Å². The van der Waals surface area contributed by atoms with E-state index < -0.39 is 22.7 Å². The molecule has 1 saturated heterocycles. The van der Waals surface area contributed by atoms with Crippen LogP contribution in [-0.4, -0.2) is 47.3 Å². The fourth-order valence-electron chi connectivity index (χ4n) is 3.08. The van der Waals surface area contributed by atoms with Crippen LogP contribution in [0.15, 0.2) is 12.2 Å². The second-order valence-electron chi connectivity index (χ2n) is 11.7. The van der Waals surface area contributed by atoms with Crippen LogP contribution in [0, 0.1) is 5.92 Å². The van der Waals surface area contributed by atoms with Gasteiger partial charge < -0.3 is 18.4 Å². The predicted octanol–water partition coefficient (Wildman–Crippen LogP) is 6.34. The van der Waals surface area contributed by atoms with Gasteiger partial charge in [-0.15, -0.1) is 0 Å². The standard InChI is InChI=1S/C23H46O4Si2/c1-13-14-18-17(2)19(26-28(9,10)22(3,4)5)15-20(25-18)21(16-24)27-29(11,12)23(6,7)8/h13-14,16-21H,15H2,1-12H3/t17-,18+,19-,20+,21-/m0/s1. The second-order valence-corrected chi connectivity index (χ2v) is 21.2. The van der Waals surface area contributed by atoms with Crippen molar-refractivity contribution in [3.05, 3.63) is 12.2 Å². The molecule has 1 fully saturated rings. The summed E-state index contributed by atoms with van der Waals surface area (Å²) >= 11 is 0. The lowest BCUT2D eigenvalue weighted by Gasteiger charge is -2.47. The molecule has 0 N–H and O–H groups in total. The third-order valence-corrected chi connectivity index (χ3v) is 16.3. The first-order chi connectivity index (χ1) is 13.0. The number of allylic oxidation sites excluding steroid dienone is 1. The van der Waals surface area contributed by atoms with E-state index in [1.807, 2.05) is 13.0 Å². The second kappa shape index (κ2) is 9.47. The Morgan fingerprint density at radius 2 is 1.52 bits per heavy atom. The Labute approximate surface area is 182 Å². The van der Waals surface area contributed by atoms with E-state index in [9.17, 15) is 4.79 Å². The van der Waals surface area contributed by atoms with Crippen molar-refractivity contribution in [1.29, 1.82) is 0 Å². The van der Waals surface area contributed by atoms with E-state index in [1.54, 1.807) is 0 Å². The van der Waals surface area contributed by atoms with Gasteiger partial charge in [-0.25, -0.2) is 0 Å². The maximum Gasteiger partial charge on any atom is 0.193 e. The zero-order valence-corrected chi connectivity index (χ0v) is 23.0. The molecule has 6 heteroatoms. The number of rotatable bonds is 7. The summed E-state index contributed by atoms with van der Waals surface area (Å²) in [5, 5.41) is 0.175. The van der Waals surface area contributed by atoms with Crippen LogP contribution in [0.3, 0.4) is 0 Å². The van der Waals surface area contributed by atoms with Crippen molar-refractivity contribution in [3.8, 4) is 0 Å². The van der Waals surface area contributed by atoms with Crippen molar-refractivity contribution in [2.75, 3.05) is 0 Å². The predicted molar refractivity (Wildman–Crippen MR) is 127 cm³/mol. The van der Waals surface area contributed by atoms with Crippen molar-refractivity contribution in [1.82, 2.24) is 0 Å². The van der Waals surface area contributed by atoms with Gasteiger partial charge in [0.1, 0.15) is 12.4 Å². The van der Waals surface area contributed by atoms with Gasteiger partial charge in [-0.1, -0.05) is 60.6 Å². The number of hydrogen-bond donors (Lipinski definition) is 0. The van der Waals surface area contributed by atoms with Crippen molar-refractivity contribution in [3.63, 3.8) is 0 Å². The molecular weight excluding hydrogens is 396 g/mol. The van der Waals surface area contributed by atoms with Crippen molar-refractivity contribution in [2.24, 2.45) is 5.92 Å². The molecular formula is C23H46O4Si2. The summed E-state index contributed by atoms with van der Waals surface area (Å²) in [5.41, 5.74) is 0. The van der Waals surface area contributed by atoms with E-state index in [1.165, 1.54) is 0 Å². The lowest BCUT2D eigenvalue weighted by Crippen LogP contribution is -2.55. The molecule has 29 heavy (non-hydrogen) atoms. The summed E-state index contributed by atoms with van der Waals surface area (Å²) in [6, 6.07) is 0. The molecule has 1 rings (SSSR count). The number of carbonyl (C=O) groups is 1. The van der Waals surface area contributed by atoms with Crippen LogP contribution >= 0.6 is 0 Å². The number of aldehydes is 1. The largest absolute Gasteiger partial charge is 0.413 e. The summed E-state index contributed by atoms with van der Waals surface area (Å²) in [5.74, 6) is 0.233. The first-order valence-electron chi connectivity index (χ1n) is 11.1. The Bertz CT molecular complexity index is 572. The number of ether oxygens (including phenoxy) is 1. The number of carbonyl (C=O) groups excluding carboxylic acids is 1. The van der Waals surface area contributed by atoms with E-state index in [0.29, 0.717) is 6.42 Å². The maximum absolute atomic E-state index is 12.1. The first-order valence-corrected chi connectivity index (χ1v) is 16.9. The van der Waals surface area contributed by atoms with Gasteiger partial charge in [0.25, 0.3) is 0 Å². The highest BCUT2D eigenvalue weighted by Crippen LogP contribution is 2.42. The lowest BCUT2D eigenvalue weighted by atomic mass is 9.88. The van der Waals surface area contributed by atoms with Gasteiger partial charge >= 0.3 is 0 Å². The monoisotopic (exact) mass is 442 g/mol. The van der Waals surface area contributed by atoms with Gasteiger partial charge in [-0.2, -0.15) is 0 Å². The fourth-order valence-corrected chi connectivity index (χ4v) is 5.74. The Morgan fingerprint density at radius 1 is 1.00 bits per heavy atom. The Balaban J connectivity index is 3.15. The van der Waals surface area contributed by atoms with E-state index >= 15 is 0 Å². The van der Waals surface area contributed by atoms with Crippen LogP contribution < -0.4 is 0 Å². The molecule has 1 heterocycles. The minimum absolute atomic E-state index is 0.0377.